The monoisotopic (exact) mass is 294 g/mol. The van der Waals surface area contributed by atoms with E-state index in [-0.39, 0.29) is 23.1 Å². The van der Waals surface area contributed by atoms with E-state index in [1.54, 1.807) is 6.07 Å². The average Bonchev–Trinajstić information content (AvgIpc) is 2.47. The summed E-state index contributed by atoms with van der Waals surface area (Å²) >= 11 is 5.96. The van der Waals surface area contributed by atoms with Crippen LogP contribution >= 0.6 is 11.6 Å². The highest BCUT2D eigenvalue weighted by Crippen LogP contribution is 2.21. The van der Waals surface area contributed by atoms with E-state index < -0.39 is 5.82 Å². The van der Waals surface area contributed by atoms with Gasteiger partial charge in [0, 0.05) is 23.7 Å². The number of guanidine groups is 1. The molecule has 1 aromatic carbocycles. The molecule has 1 fully saturated rings. The van der Waals surface area contributed by atoms with Crippen molar-refractivity contribution in [3.63, 3.8) is 0 Å². The summed E-state index contributed by atoms with van der Waals surface area (Å²) in [6.45, 7) is 1.52. The number of nitrogens with zero attached hydrogens (tertiary/aromatic N) is 3. The van der Waals surface area contributed by atoms with Gasteiger partial charge in [-0.15, -0.1) is 0 Å². The van der Waals surface area contributed by atoms with Gasteiger partial charge in [0.1, 0.15) is 5.82 Å². The summed E-state index contributed by atoms with van der Waals surface area (Å²) in [5.41, 5.74) is 0.248. The van der Waals surface area contributed by atoms with Crippen molar-refractivity contribution in [2.24, 2.45) is 0 Å². The number of nitriles is 1. The van der Waals surface area contributed by atoms with Crippen molar-refractivity contribution in [1.29, 1.82) is 10.7 Å². The summed E-state index contributed by atoms with van der Waals surface area (Å²) in [6.07, 6.45) is 5.12. The first-order valence-corrected chi connectivity index (χ1v) is 6.95. The fourth-order valence-electron chi connectivity index (χ4n) is 2.28. The molecule has 1 saturated heterocycles. The summed E-state index contributed by atoms with van der Waals surface area (Å²) in [4.78, 5) is 3.02. The molecule has 1 heterocycles. The molecule has 0 amide bonds. The Labute approximate surface area is 122 Å². The van der Waals surface area contributed by atoms with E-state index in [1.165, 1.54) is 17.0 Å². The Morgan fingerprint density at radius 2 is 2.10 bits per heavy atom. The highest BCUT2D eigenvalue weighted by atomic mass is 35.5. The third-order valence-corrected chi connectivity index (χ3v) is 3.76. The summed E-state index contributed by atoms with van der Waals surface area (Å²) in [5.74, 6) is -0.337. The van der Waals surface area contributed by atoms with Gasteiger partial charge in [-0.3, -0.25) is 5.41 Å². The van der Waals surface area contributed by atoms with Crippen molar-refractivity contribution in [1.82, 2.24) is 9.80 Å². The minimum Gasteiger partial charge on any atom is -0.342 e. The molecule has 0 aliphatic carbocycles. The minimum absolute atomic E-state index is 0.0165. The molecule has 1 aliphatic heterocycles. The second-order valence-corrected chi connectivity index (χ2v) is 5.16. The van der Waals surface area contributed by atoms with Crippen LogP contribution in [-0.2, 0) is 6.54 Å². The van der Waals surface area contributed by atoms with E-state index in [0.717, 1.165) is 32.4 Å². The van der Waals surface area contributed by atoms with Crippen molar-refractivity contribution in [2.45, 2.75) is 25.8 Å². The molecule has 1 aromatic rings. The molecule has 0 bridgehead atoms. The van der Waals surface area contributed by atoms with E-state index in [4.69, 9.17) is 17.0 Å². The van der Waals surface area contributed by atoms with E-state index in [0.29, 0.717) is 0 Å². The Hall–Kier alpha value is -1.80. The maximum atomic E-state index is 13.7. The molecule has 0 spiro atoms. The highest BCUT2D eigenvalue weighted by Gasteiger charge is 2.21. The van der Waals surface area contributed by atoms with Crippen LogP contribution in [0.4, 0.5) is 4.39 Å². The minimum atomic E-state index is -0.454. The lowest BCUT2D eigenvalue weighted by Crippen LogP contribution is -2.43. The van der Waals surface area contributed by atoms with Crippen molar-refractivity contribution in [3.8, 4) is 6.19 Å². The van der Waals surface area contributed by atoms with Crippen molar-refractivity contribution in [2.75, 3.05) is 13.1 Å². The zero-order valence-electron chi connectivity index (χ0n) is 11.1. The Balaban J connectivity index is 2.13. The molecular formula is C14H16ClFN4. The Kier molecular flexibility index (Phi) is 4.80. The van der Waals surface area contributed by atoms with E-state index in [1.807, 2.05) is 11.1 Å². The third-order valence-electron chi connectivity index (χ3n) is 3.41. The Morgan fingerprint density at radius 3 is 2.70 bits per heavy atom. The predicted octanol–water partition coefficient (Wildman–Crippen LogP) is 3.18. The van der Waals surface area contributed by atoms with Gasteiger partial charge in [0.05, 0.1) is 6.54 Å². The summed E-state index contributed by atoms with van der Waals surface area (Å²) < 4.78 is 13.7. The fourth-order valence-corrected chi connectivity index (χ4v) is 2.50. The first-order valence-electron chi connectivity index (χ1n) is 6.57. The molecule has 2 rings (SSSR count). The quantitative estimate of drug-likeness (QED) is 0.394. The molecule has 6 heteroatoms. The number of likely N-dealkylation sites (tertiary alicyclic amines) is 1. The fraction of sp³-hybridized carbons (Fsp3) is 0.429. The van der Waals surface area contributed by atoms with E-state index in [9.17, 15) is 9.65 Å². The average molecular weight is 295 g/mol. The van der Waals surface area contributed by atoms with Gasteiger partial charge in [-0.25, -0.2) is 9.29 Å². The third kappa shape index (κ3) is 3.20. The molecule has 106 valence electrons. The van der Waals surface area contributed by atoms with Gasteiger partial charge in [-0.1, -0.05) is 17.7 Å². The second-order valence-electron chi connectivity index (χ2n) is 4.76. The zero-order valence-corrected chi connectivity index (χ0v) is 11.8. The largest absolute Gasteiger partial charge is 0.342 e. The van der Waals surface area contributed by atoms with Gasteiger partial charge in [-0.05, 0) is 31.4 Å². The predicted molar refractivity (Wildman–Crippen MR) is 75.7 cm³/mol. The van der Waals surface area contributed by atoms with Crippen molar-refractivity contribution in [3.05, 3.63) is 34.6 Å². The molecule has 0 saturated carbocycles. The number of halogens is 2. The lowest BCUT2D eigenvalue weighted by Gasteiger charge is -2.32. The van der Waals surface area contributed by atoms with Crippen molar-refractivity contribution >= 4 is 17.6 Å². The van der Waals surface area contributed by atoms with Gasteiger partial charge in [0.15, 0.2) is 6.19 Å². The number of benzene rings is 1. The van der Waals surface area contributed by atoms with Crippen LogP contribution < -0.4 is 0 Å². The standard InChI is InChI=1S/C14H16ClFN4/c15-12-5-4-6-13(16)11(12)9-20(10-17)14(18)19-7-2-1-3-8-19/h4-6,18H,1-3,7-9H2. The molecule has 0 radical (unpaired) electrons. The summed E-state index contributed by atoms with van der Waals surface area (Å²) in [7, 11) is 0. The lowest BCUT2D eigenvalue weighted by molar-refractivity contribution is 0.303. The lowest BCUT2D eigenvalue weighted by atomic mass is 10.1. The van der Waals surface area contributed by atoms with Crippen LogP contribution in [0.1, 0.15) is 24.8 Å². The molecule has 1 N–H and O–H groups in total. The molecule has 4 nitrogen and oxygen atoms in total. The number of hydrogen-bond donors (Lipinski definition) is 1. The van der Waals surface area contributed by atoms with Gasteiger partial charge in [-0.2, -0.15) is 5.26 Å². The maximum Gasteiger partial charge on any atom is 0.207 e. The first kappa shape index (κ1) is 14.6. The molecule has 0 unspecified atom stereocenters. The highest BCUT2D eigenvalue weighted by molar-refractivity contribution is 6.31. The van der Waals surface area contributed by atoms with Gasteiger partial charge in [0.25, 0.3) is 0 Å². The first-order chi connectivity index (χ1) is 9.63. The number of hydrogen-bond acceptors (Lipinski definition) is 2. The Bertz CT molecular complexity index is 514. The van der Waals surface area contributed by atoms with E-state index in [2.05, 4.69) is 0 Å². The van der Waals surface area contributed by atoms with Crippen LogP contribution in [0, 0.1) is 22.7 Å². The SMILES string of the molecule is N#CN(Cc1c(F)cccc1Cl)C(=N)N1CCCCC1. The second kappa shape index (κ2) is 6.58. The summed E-state index contributed by atoms with van der Waals surface area (Å²) in [6, 6.07) is 4.41. The molecule has 20 heavy (non-hydrogen) atoms. The maximum absolute atomic E-state index is 13.7. The van der Waals surface area contributed by atoms with Crippen LogP contribution in [0.3, 0.4) is 0 Å². The van der Waals surface area contributed by atoms with Crippen LogP contribution in [0.15, 0.2) is 18.2 Å². The van der Waals surface area contributed by atoms with Crippen LogP contribution in [0.25, 0.3) is 0 Å². The molecular weight excluding hydrogens is 279 g/mol. The van der Waals surface area contributed by atoms with Gasteiger partial charge >= 0.3 is 0 Å². The van der Waals surface area contributed by atoms with Crippen LogP contribution in [-0.4, -0.2) is 28.8 Å². The molecule has 0 aromatic heterocycles. The van der Waals surface area contributed by atoms with Gasteiger partial charge in [0.2, 0.25) is 5.96 Å². The van der Waals surface area contributed by atoms with Crippen molar-refractivity contribution < 1.29 is 4.39 Å². The number of nitrogens with one attached hydrogen (secondary N) is 1. The van der Waals surface area contributed by atoms with Gasteiger partial charge < -0.3 is 4.90 Å². The number of rotatable bonds is 2. The van der Waals surface area contributed by atoms with Crippen LogP contribution in [0.5, 0.6) is 0 Å². The zero-order chi connectivity index (χ0) is 14.5. The number of piperidine rings is 1. The molecule has 0 atom stereocenters. The topological polar surface area (TPSA) is 54.1 Å². The van der Waals surface area contributed by atoms with Crippen LogP contribution in [0.2, 0.25) is 5.02 Å². The molecule has 1 aliphatic rings. The smallest absolute Gasteiger partial charge is 0.207 e. The summed E-state index contributed by atoms with van der Waals surface area (Å²) in [5, 5.41) is 17.6. The van der Waals surface area contributed by atoms with E-state index >= 15 is 0 Å². The Morgan fingerprint density at radius 1 is 1.40 bits per heavy atom. The normalized spacial score (nSPS) is 14.8.